The first-order chi connectivity index (χ1) is 12.4. The zero-order valence-electron chi connectivity index (χ0n) is 15.7. The van der Waals surface area contributed by atoms with E-state index in [1.165, 1.54) is 0 Å². The van der Waals surface area contributed by atoms with Gasteiger partial charge in [0.1, 0.15) is 11.6 Å². The Morgan fingerprint density at radius 1 is 1.23 bits per heavy atom. The zero-order valence-corrected chi connectivity index (χ0v) is 15.7. The average molecular weight is 358 g/mol. The molecule has 140 valence electrons. The van der Waals surface area contributed by atoms with E-state index in [4.69, 9.17) is 4.74 Å². The molecule has 0 atom stereocenters. The first-order valence-corrected chi connectivity index (χ1v) is 8.73. The summed E-state index contributed by atoms with van der Waals surface area (Å²) >= 11 is 0. The van der Waals surface area contributed by atoms with Gasteiger partial charge >= 0.3 is 0 Å². The maximum Gasteiger partial charge on any atom is 0.226 e. The van der Waals surface area contributed by atoms with Crippen molar-refractivity contribution in [3.8, 4) is 5.75 Å². The van der Waals surface area contributed by atoms with Crippen molar-refractivity contribution in [2.24, 2.45) is 5.92 Å². The summed E-state index contributed by atoms with van der Waals surface area (Å²) in [6.45, 7) is 6.20. The van der Waals surface area contributed by atoms with Crippen LogP contribution >= 0.6 is 0 Å². The van der Waals surface area contributed by atoms with Crippen LogP contribution in [-0.4, -0.2) is 28.5 Å². The molecule has 0 aliphatic carbocycles. The van der Waals surface area contributed by atoms with E-state index in [2.05, 4.69) is 15.6 Å². The lowest BCUT2D eigenvalue weighted by atomic mass is 10.2. The van der Waals surface area contributed by atoms with Crippen LogP contribution in [0.1, 0.15) is 33.0 Å². The van der Waals surface area contributed by atoms with Crippen LogP contribution in [0.5, 0.6) is 5.75 Å². The SMILES string of the molecule is CCc1nccn1CCC(=O)Nc1ccc(OC)cc1NC(=O)C(C)C. The van der Waals surface area contributed by atoms with E-state index < -0.39 is 0 Å². The van der Waals surface area contributed by atoms with Crippen molar-refractivity contribution < 1.29 is 14.3 Å². The monoisotopic (exact) mass is 358 g/mol. The molecule has 26 heavy (non-hydrogen) atoms. The number of imidazole rings is 1. The Labute approximate surface area is 153 Å². The fraction of sp³-hybridized carbons (Fsp3) is 0.421. The van der Waals surface area contributed by atoms with Crippen molar-refractivity contribution in [1.82, 2.24) is 9.55 Å². The quantitative estimate of drug-likeness (QED) is 0.759. The zero-order chi connectivity index (χ0) is 19.1. The van der Waals surface area contributed by atoms with Crippen molar-refractivity contribution in [3.63, 3.8) is 0 Å². The van der Waals surface area contributed by atoms with E-state index in [9.17, 15) is 9.59 Å². The van der Waals surface area contributed by atoms with Gasteiger partial charge in [-0.15, -0.1) is 0 Å². The highest BCUT2D eigenvalue weighted by Crippen LogP contribution is 2.27. The van der Waals surface area contributed by atoms with Gasteiger partial charge in [0.05, 0.1) is 18.5 Å². The molecule has 2 aromatic rings. The van der Waals surface area contributed by atoms with E-state index in [0.29, 0.717) is 30.1 Å². The van der Waals surface area contributed by atoms with Crippen molar-refractivity contribution in [1.29, 1.82) is 0 Å². The summed E-state index contributed by atoms with van der Waals surface area (Å²) in [6, 6.07) is 5.16. The highest BCUT2D eigenvalue weighted by molar-refractivity contribution is 6.00. The smallest absolute Gasteiger partial charge is 0.226 e. The molecule has 0 aliphatic heterocycles. The van der Waals surface area contributed by atoms with Crippen molar-refractivity contribution in [2.45, 2.75) is 40.2 Å². The topological polar surface area (TPSA) is 85.2 Å². The van der Waals surface area contributed by atoms with Crippen LogP contribution in [0.2, 0.25) is 0 Å². The van der Waals surface area contributed by atoms with Gasteiger partial charge < -0.3 is 19.9 Å². The molecule has 7 nitrogen and oxygen atoms in total. The van der Waals surface area contributed by atoms with Crippen LogP contribution in [0.4, 0.5) is 11.4 Å². The molecule has 0 fully saturated rings. The highest BCUT2D eigenvalue weighted by atomic mass is 16.5. The highest BCUT2D eigenvalue weighted by Gasteiger charge is 2.13. The minimum atomic E-state index is -0.168. The number of hydrogen-bond donors (Lipinski definition) is 2. The van der Waals surface area contributed by atoms with Gasteiger partial charge in [0.2, 0.25) is 11.8 Å². The molecule has 2 rings (SSSR count). The molecular formula is C19H26N4O3. The summed E-state index contributed by atoms with van der Waals surface area (Å²) < 4.78 is 7.17. The second kappa shape index (κ2) is 9.03. The molecule has 1 aromatic carbocycles. The lowest BCUT2D eigenvalue weighted by Gasteiger charge is -2.15. The number of carbonyl (C=O) groups is 2. The lowest BCUT2D eigenvalue weighted by Crippen LogP contribution is -2.20. The second-order valence-electron chi connectivity index (χ2n) is 6.24. The standard InChI is InChI=1S/C19H26N4O3/c1-5-17-20-9-11-23(17)10-8-18(24)21-15-7-6-14(26-4)12-16(15)22-19(25)13(2)3/h6-7,9,11-13H,5,8,10H2,1-4H3,(H,21,24)(H,22,25). The predicted octanol–water partition coefficient (Wildman–Crippen LogP) is 3.08. The summed E-state index contributed by atoms with van der Waals surface area (Å²) in [5.74, 6) is 1.13. The molecule has 0 saturated carbocycles. The Morgan fingerprint density at radius 3 is 2.65 bits per heavy atom. The Bertz CT molecular complexity index is 768. The van der Waals surface area contributed by atoms with Gasteiger partial charge in [-0.1, -0.05) is 20.8 Å². The van der Waals surface area contributed by atoms with Crippen molar-refractivity contribution >= 4 is 23.2 Å². The maximum atomic E-state index is 12.3. The maximum absolute atomic E-state index is 12.3. The number of ether oxygens (including phenoxy) is 1. The van der Waals surface area contributed by atoms with Gasteiger partial charge in [0.25, 0.3) is 0 Å². The Morgan fingerprint density at radius 2 is 2.00 bits per heavy atom. The van der Waals surface area contributed by atoms with E-state index >= 15 is 0 Å². The fourth-order valence-electron chi connectivity index (χ4n) is 2.43. The molecule has 0 saturated heterocycles. The van der Waals surface area contributed by atoms with Crippen molar-refractivity contribution in [3.05, 3.63) is 36.4 Å². The molecule has 7 heteroatoms. The summed E-state index contributed by atoms with van der Waals surface area (Å²) in [4.78, 5) is 28.6. The number of nitrogens with one attached hydrogen (secondary N) is 2. The van der Waals surface area contributed by atoms with E-state index in [-0.39, 0.29) is 17.7 Å². The van der Waals surface area contributed by atoms with Crippen LogP contribution in [0, 0.1) is 5.92 Å². The molecule has 1 heterocycles. The number of hydrogen-bond acceptors (Lipinski definition) is 4. The van der Waals surface area contributed by atoms with Gasteiger partial charge in [-0.2, -0.15) is 0 Å². The van der Waals surface area contributed by atoms with Crippen molar-refractivity contribution in [2.75, 3.05) is 17.7 Å². The van der Waals surface area contributed by atoms with Gasteiger partial charge in [0.15, 0.2) is 0 Å². The first kappa shape index (κ1) is 19.5. The minimum Gasteiger partial charge on any atom is -0.497 e. The first-order valence-electron chi connectivity index (χ1n) is 8.73. The van der Waals surface area contributed by atoms with Crippen LogP contribution in [0.25, 0.3) is 0 Å². The Balaban J connectivity index is 2.07. The third-order valence-electron chi connectivity index (χ3n) is 3.98. The molecule has 1 aromatic heterocycles. The molecule has 0 spiro atoms. The third-order valence-corrected chi connectivity index (χ3v) is 3.98. The normalized spacial score (nSPS) is 10.7. The number of benzene rings is 1. The van der Waals surface area contributed by atoms with Crippen LogP contribution in [0.15, 0.2) is 30.6 Å². The summed E-state index contributed by atoms with van der Waals surface area (Å²) in [6.07, 6.45) is 4.74. The number of anilines is 2. The predicted molar refractivity (Wildman–Crippen MR) is 101 cm³/mol. The summed E-state index contributed by atoms with van der Waals surface area (Å²) in [5, 5.41) is 5.69. The lowest BCUT2D eigenvalue weighted by molar-refractivity contribution is -0.119. The molecular weight excluding hydrogens is 332 g/mol. The van der Waals surface area contributed by atoms with Crippen LogP contribution in [0.3, 0.4) is 0 Å². The number of rotatable bonds is 8. The molecule has 0 unspecified atom stereocenters. The number of amides is 2. The number of aromatic nitrogens is 2. The van der Waals surface area contributed by atoms with Crippen LogP contribution in [-0.2, 0) is 22.6 Å². The molecule has 2 N–H and O–H groups in total. The van der Waals surface area contributed by atoms with E-state index in [1.54, 1.807) is 31.5 Å². The molecule has 0 radical (unpaired) electrons. The molecule has 0 bridgehead atoms. The number of aryl methyl sites for hydroxylation is 2. The average Bonchev–Trinajstić information content (AvgIpc) is 3.08. The summed E-state index contributed by atoms with van der Waals surface area (Å²) in [5.41, 5.74) is 1.07. The van der Waals surface area contributed by atoms with E-state index in [1.807, 2.05) is 31.5 Å². The second-order valence-corrected chi connectivity index (χ2v) is 6.24. The molecule has 0 aliphatic rings. The van der Waals surface area contributed by atoms with E-state index in [0.717, 1.165) is 12.2 Å². The van der Waals surface area contributed by atoms with Crippen LogP contribution < -0.4 is 15.4 Å². The fourth-order valence-corrected chi connectivity index (χ4v) is 2.43. The molecule has 2 amide bonds. The summed E-state index contributed by atoms with van der Waals surface area (Å²) in [7, 11) is 1.55. The minimum absolute atomic E-state index is 0.125. The van der Waals surface area contributed by atoms with Gasteiger partial charge in [-0.3, -0.25) is 9.59 Å². The number of carbonyl (C=O) groups excluding carboxylic acids is 2. The van der Waals surface area contributed by atoms with Gasteiger partial charge in [-0.25, -0.2) is 4.98 Å². The largest absolute Gasteiger partial charge is 0.497 e. The Kier molecular flexibility index (Phi) is 6.77. The number of nitrogens with zero attached hydrogens (tertiary/aromatic N) is 2. The van der Waals surface area contributed by atoms with Gasteiger partial charge in [-0.05, 0) is 12.1 Å². The number of methoxy groups -OCH3 is 1. The Hall–Kier alpha value is -2.83. The third kappa shape index (κ3) is 5.08. The van der Waals surface area contributed by atoms with Gasteiger partial charge in [0, 0.05) is 43.8 Å².